The Hall–Kier alpha value is -2.38. The first-order valence-corrected chi connectivity index (χ1v) is 10.9. The summed E-state index contributed by atoms with van der Waals surface area (Å²) in [7, 11) is 0. The van der Waals surface area contributed by atoms with E-state index < -0.39 is 0 Å². The number of carbonyl (C=O) groups excluding carboxylic acids is 1. The molecular formula is C21H32N6O2. The predicted molar refractivity (Wildman–Crippen MR) is 113 cm³/mol. The van der Waals surface area contributed by atoms with E-state index in [4.69, 9.17) is 0 Å². The van der Waals surface area contributed by atoms with Crippen LogP contribution in [0.5, 0.6) is 0 Å². The lowest BCUT2D eigenvalue weighted by atomic mass is 9.87. The van der Waals surface area contributed by atoms with Gasteiger partial charge >= 0.3 is 0 Å². The van der Waals surface area contributed by atoms with Crippen molar-refractivity contribution in [1.29, 1.82) is 0 Å². The Morgan fingerprint density at radius 1 is 1.14 bits per heavy atom. The van der Waals surface area contributed by atoms with Crippen LogP contribution < -0.4 is 10.9 Å². The average Bonchev–Trinajstić information content (AvgIpc) is 3.14. The number of hydrogen-bond donors (Lipinski definition) is 2. The number of fused-ring (bicyclic) bond motifs is 1. The van der Waals surface area contributed by atoms with E-state index in [-0.39, 0.29) is 23.1 Å². The van der Waals surface area contributed by atoms with E-state index in [0.29, 0.717) is 22.9 Å². The molecule has 2 aromatic rings. The van der Waals surface area contributed by atoms with Crippen LogP contribution in [0.15, 0.2) is 11.0 Å². The van der Waals surface area contributed by atoms with Gasteiger partial charge in [-0.2, -0.15) is 10.1 Å². The lowest BCUT2D eigenvalue weighted by molar-refractivity contribution is -0.137. The zero-order valence-electron chi connectivity index (χ0n) is 17.7. The molecule has 0 spiro atoms. The topological polar surface area (TPSA) is 95.9 Å². The minimum atomic E-state index is -0.259. The summed E-state index contributed by atoms with van der Waals surface area (Å²) < 4.78 is 1.79. The summed E-state index contributed by atoms with van der Waals surface area (Å²) in [5.41, 5.74) is 0.150. The number of H-pyrrole nitrogens is 1. The first-order chi connectivity index (χ1) is 13.8. The highest BCUT2D eigenvalue weighted by atomic mass is 16.2. The van der Waals surface area contributed by atoms with Gasteiger partial charge in [-0.25, -0.2) is 4.68 Å². The molecule has 0 atom stereocenters. The molecule has 8 nitrogen and oxygen atoms in total. The van der Waals surface area contributed by atoms with Gasteiger partial charge in [-0.05, 0) is 46.5 Å². The predicted octanol–water partition coefficient (Wildman–Crippen LogP) is 2.86. The minimum absolute atomic E-state index is 0.182. The van der Waals surface area contributed by atoms with Gasteiger partial charge in [-0.3, -0.25) is 14.6 Å². The summed E-state index contributed by atoms with van der Waals surface area (Å²) in [5.74, 6) is 1.04. The Bertz CT molecular complexity index is 927. The highest BCUT2D eigenvalue weighted by Gasteiger charge is 2.29. The van der Waals surface area contributed by atoms with Gasteiger partial charge in [0.15, 0.2) is 5.65 Å². The molecule has 2 aliphatic rings. The van der Waals surface area contributed by atoms with Gasteiger partial charge in [0, 0.05) is 25.0 Å². The number of aromatic nitrogens is 4. The van der Waals surface area contributed by atoms with Gasteiger partial charge in [-0.1, -0.05) is 19.3 Å². The summed E-state index contributed by atoms with van der Waals surface area (Å²) in [5, 5.41) is 8.23. The summed E-state index contributed by atoms with van der Waals surface area (Å²) in [6.07, 6.45) is 9.01. The van der Waals surface area contributed by atoms with E-state index in [1.807, 2.05) is 25.7 Å². The fourth-order valence-corrected chi connectivity index (χ4v) is 4.52. The molecule has 3 heterocycles. The van der Waals surface area contributed by atoms with Crippen LogP contribution in [0.2, 0.25) is 0 Å². The quantitative estimate of drug-likeness (QED) is 0.826. The number of hydrogen-bond acceptors (Lipinski definition) is 5. The third kappa shape index (κ3) is 4.16. The van der Waals surface area contributed by atoms with Crippen molar-refractivity contribution in [3.63, 3.8) is 0 Å². The molecule has 2 N–H and O–H groups in total. The van der Waals surface area contributed by atoms with Crippen LogP contribution in [0.3, 0.4) is 0 Å². The summed E-state index contributed by atoms with van der Waals surface area (Å²) in [6, 6.07) is 0.192. The molecular weight excluding hydrogens is 368 g/mol. The van der Waals surface area contributed by atoms with Crippen molar-refractivity contribution in [2.45, 2.75) is 77.3 Å². The van der Waals surface area contributed by atoms with Crippen molar-refractivity contribution in [2.24, 2.45) is 5.92 Å². The highest BCUT2D eigenvalue weighted by molar-refractivity contribution is 5.79. The van der Waals surface area contributed by atoms with Gasteiger partial charge in [0.25, 0.3) is 5.56 Å². The van der Waals surface area contributed by atoms with Crippen molar-refractivity contribution in [2.75, 3.05) is 18.4 Å². The normalized spacial score (nSPS) is 19.6. The zero-order chi connectivity index (χ0) is 20.6. The number of anilines is 1. The SMILES string of the molecule is CC(C)(C)n1ncc2c(=O)[nH]c(NC3CCN(C(=O)C4CCCCC4)CC3)nc21. The maximum atomic E-state index is 12.7. The molecule has 2 aromatic heterocycles. The molecule has 1 aliphatic carbocycles. The number of piperidine rings is 1. The number of likely N-dealkylation sites (tertiary alicyclic amines) is 1. The molecule has 1 saturated carbocycles. The highest BCUT2D eigenvalue weighted by Crippen LogP contribution is 2.27. The maximum absolute atomic E-state index is 12.7. The molecule has 0 aromatic carbocycles. The van der Waals surface area contributed by atoms with Crippen LogP contribution in [0.4, 0.5) is 5.95 Å². The monoisotopic (exact) mass is 400 g/mol. The summed E-state index contributed by atoms with van der Waals surface area (Å²) >= 11 is 0. The van der Waals surface area contributed by atoms with Gasteiger partial charge in [0.2, 0.25) is 11.9 Å². The minimum Gasteiger partial charge on any atom is -0.353 e. The van der Waals surface area contributed by atoms with E-state index in [0.717, 1.165) is 38.8 Å². The molecule has 0 unspecified atom stereocenters. The van der Waals surface area contributed by atoms with Gasteiger partial charge in [0.1, 0.15) is 5.39 Å². The summed E-state index contributed by atoms with van der Waals surface area (Å²) in [6.45, 7) is 7.64. The van der Waals surface area contributed by atoms with E-state index in [1.165, 1.54) is 19.3 Å². The molecule has 29 heavy (non-hydrogen) atoms. The molecule has 1 aliphatic heterocycles. The third-order valence-corrected chi connectivity index (χ3v) is 6.18. The Labute approximate surface area is 171 Å². The number of carbonyl (C=O) groups is 1. The number of nitrogens with zero attached hydrogens (tertiary/aromatic N) is 4. The van der Waals surface area contributed by atoms with E-state index in [2.05, 4.69) is 20.4 Å². The van der Waals surface area contributed by atoms with Gasteiger partial charge in [0.05, 0.1) is 11.7 Å². The number of aromatic amines is 1. The second-order valence-corrected chi connectivity index (χ2v) is 9.46. The second-order valence-electron chi connectivity index (χ2n) is 9.46. The molecule has 8 heteroatoms. The molecule has 158 valence electrons. The molecule has 1 amide bonds. The van der Waals surface area contributed by atoms with E-state index in [1.54, 1.807) is 10.9 Å². The van der Waals surface area contributed by atoms with Crippen LogP contribution in [0, 0.1) is 5.92 Å². The van der Waals surface area contributed by atoms with Crippen molar-refractivity contribution in [3.8, 4) is 0 Å². The fourth-order valence-electron chi connectivity index (χ4n) is 4.52. The fraction of sp³-hybridized carbons (Fsp3) is 0.714. The Morgan fingerprint density at radius 3 is 2.48 bits per heavy atom. The van der Waals surface area contributed by atoms with Gasteiger partial charge in [-0.15, -0.1) is 0 Å². The Kier molecular flexibility index (Phi) is 5.36. The standard InChI is InChI=1S/C21H32N6O2/c1-21(2,3)27-17-16(13-22-27)18(28)25-20(24-17)23-15-9-11-26(12-10-15)19(29)14-7-5-4-6-8-14/h13-15H,4-12H2,1-3H3,(H2,23,24,25,28). The van der Waals surface area contributed by atoms with Crippen molar-refractivity contribution < 1.29 is 4.79 Å². The first-order valence-electron chi connectivity index (χ1n) is 10.9. The molecule has 4 rings (SSSR count). The zero-order valence-corrected chi connectivity index (χ0v) is 17.7. The number of amides is 1. The van der Waals surface area contributed by atoms with Crippen LogP contribution in [-0.4, -0.2) is 49.7 Å². The van der Waals surface area contributed by atoms with Crippen molar-refractivity contribution in [1.82, 2.24) is 24.6 Å². The van der Waals surface area contributed by atoms with Gasteiger partial charge < -0.3 is 10.2 Å². The first kappa shape index (κ1) is 19.9. The lowest BCUT2D eigenvalue weighted by Crippen LogP contribution is -2.45. The molecule has 0 radical (unpaired) electrons. The third-order valence-electron chi connectivity index (χ3n) is 6.18. The second kappa shape index (κ2) is 7.80. The van der Waals surface area contributed by atoms with Crippen molar-refractivity contribution >= 4 is 22.9 Å². The maximum Gasteiger partial charge on any atom is 0.263 e. The molecule has 2 fully saturated rings. The number of nitrogens with one attached hydrogen (secondary N) is 2. The van der Waals surface area contributed by atoms with Crippen LogP contribution in [0.25, 0.3) is 11.0 Å². The molecule has 1 saturated heterocycles. The Morgan fingerprint density at radius 2 is 1.83 bits per heavy atom. The smallest absolute Gasteiger partial charge is 0.263 e. The summed E-state index contributed by atoms with van der Waals surface area (Å²) in [4.78, 5) is 34.7. The lowest BCUT2D eigenvalue weighted by Gasteiger charge is -2.35. The molecule has 0 bridgehead atoms. The Balaban J connectivity index is 1.42. The largest absolute Gasteiger partial charge is 0.353 e. The van der Waals surface area contributed by atoms with Crippen LogP contribution in [0.1, 0.15) is 65.7 Å². The van der Waals surface area contributed by atoms with Crippen LogP contribution in [-0.2, 0) is 10.3 Å². The van der Waals surface area contributed by atoms with Crippen molar-refractivity contribution in [3.05, 3.63) is 16.6 Å². The van der Waals surface area contributed by atoms with E-state index in [9.17, 15) is 9.59 Å². The average molecular weight is 401 g/mol. The van der Waals surface area contributed by atoms with Crippen LogP contribution >= 0.6 is 0 Å². The van der Waals surface area contributed by atoms with E-state index >= 15 is 0 Å². The number of rotatable bonds is 3.